The van der Waals surface area contributed by atoms with Crippen LogP contribution >= 0.6 is 11.3 Å². The third kappa shape index (κ3) is 4.46. The van der Waals surface area contributed by atoms with Crippen LogP contribution in [0.3, 0.4) is 0 Å². The zero-order valence-electron chi connectivity index (χ0n) is 19.6. The van der Waals surface area contributed by atoms with Gasteiger partial charge in [0.25, 0.3) is 5.91 Å². The number of carbonyl (C=O) groups excluding carboxylic acids is 2. The SMILES string of the molecule is C[C@H](c1nc2ccccc2s1)N(C)C(=O)CN1C[C@H](C(=O)N2CCCCC2)Oc2ccccc21. The van der Waals surface area contributed by atoms with Gasteiger partial charge in [0, 0.05) is 20.1 Å². The van der Waals surface area contributed by atoms with Crippen molar-refractivity contribution in [1.29, 1.82) is 0 Å². The van der Waals surface area contributed by atoms with E-state index in [0.717, 1.165) is 53.3 Å². The molecule has 3 aromatic rings. The molecule has 0 aliphatic carbocycles. The summed E-state index contributed by atoms with van der Waals surface area (Å²) in [5.74, 6) is 0.647. The highest BCUT2D eigenvalue weighted by Gasteiger charge is 2.35. The van der Waals surface area contributed by atoms with Crippen LogP contribution in [0, 0.1) is 0 Å². The maximum Gasteiger partial charge on any atom is 0.265 e. The Bertz CT molecular complexity index is 1160. The van der Waals surface area contributed by atoms with E-state index in [0.29, 0.717) is 12.3 Å². The van der Waals surface area contributed by atoms with Gasteiger partial charge in [0.05, 0.1) is 35.0 Å². The lowest BCUT2D eigenvalue weighted by molar-refractivity contribution is -0.140. The summed E-state index contributed by atoms with van der Waals surface area (Å²) in [6.07, 6.45) is 2.63. The highest BCUT2D eigenvalue weighted by Crippen LogP contribution is 2.34. The van der Waals surface area contributed by atoms with Crippen molar-refractivity contribution in [2.75, 3.05) is 38.1 Å². The Morgan fingerprint density at radius 1 is 1.12 bits per heavy atom. The minimum atomic E-state index is -0.604. The predicted octanol–water partition coefficient (Wildman–Crippen LogP) is 4.10. The molecule has 0 spiro atoms. The summed E-state index contributed by atoms with van der Waals surface area (Å²) in [4.78, 5) is 36.9. The number of thiazole rings is 1. The molecule has 1 saturated heterocycles. The van der Waals surface area contributed by atoms with Crippen molar-refractivity contribution in [2.45, 2.75) is 38.3 Å². The molecule has 7 nitrogen and oxygen atoms in total. The van der Waals surface area contributed by atoms with Crippen LogP contribution in [-0.2, 0) is 9.59 Å². The van der Waals surface area contributed by atoms with Crippen LogP contribution in [-0.4, -0.2) is 65.9 Å². The van der Waals surface area contributed by atoms with Crippen molar-refractivity contribution in [3.05, 3.63) is 53.5 Å². The van der Waals surface area contributed by atoms with Crippen LogP contribution < -0.4 is 9.64 Å². The first kappa shape index (κ1) is 22.7. The Morgan fingerprint density at radius 2 is 1.85 bits per heavy atom. The summed E-state index contributed by atoms with van der Waals surface area (Å²) < 4.78 is 7.22. The number of fused-ring (bicyclic) bond motifs is 2. The Labute approximate surface area is 203 Å². The first-order valence-corrected chi connectivity index (χ1v) is 12.7. The molecule has 34 heavy (non-hydrogen) atoms. The van der Waals surface area contributed by atoms with Crippen LogP contribution in [0.4, 0.5) is 5.69 Å². The average Bonchev–Trinajstić information content (AvgIpc) is 3.32. The van der Waals surface area contributed by atoms with Crippen LogP contribution in [0.5, 0.6) is 5.75 Å². The molecular formula is C26H30N4O3S. The molecule has 1 fully saturated rings. The van der Waals surface area contributed by atoms with Crippen molar-refractivity contribution in [1.82, 2.24) is 14.8 Å². The van der Waals surface area contributed by atoms with E-state index in [2.05, 4.69) is 6.07 Å². The number of benzene rings is 2. The topological polar surface area (TPSA) is 66.0 Å². The van der Waals surface area contributed by atoms with Gasteiger partial charge in [-0.1, -0.05) is 24.3 Å². The van der Waals surface area contributed by atoms with Crippen LogP contribution in [0.1, 0.15) is 37.2 Å². The van der Waals surface area contributed by atoms with Gasteiger partial charge < -0.3 is 19.4 Å². The number of rotatable bonds is 5. The molecule has 0 saturated carbocycles. The van der Waals surface area contributed by atoms with Crippen molar-refractivity contribution in [3.63, 3.8) is 0 Å². The average molecular weight is 479 g/mol. The number of anilines is 1. The second-order valence-electron chi connectivity index (χ2n) is 9.04. The molecule has 2 aliphatic heterocycles. The standard InChI is InChI=1S/C26H30N4O3S/c1-18(25-27-19-10-4-7-13-23(19)34-25)28(2)24(31)17-30-16-22(26(32)29-14-8-3-9-15-29)33-21-12-6-5-11-20(21)30/h4-7,10-13,18,22H,3,8-9,14-17H2,1-2H3/t18-,22-/m1/s1. The molecule has 1 aromatic heterocycles. The maximum atomic E-state index is 13.4. The van der Waals surface area contributed by atoms with Gasteiger partial charge in [-0.2, -0.15) is 0 Å². The van der Waals surface area contributed by atoms with Gasteiger partial charge >= 0.3 is 0 Å². The van der Waals surface area contributed by atoms with Crippen molar-refractivity contribution in [3.8, 4) is 5.75 Å². The number of piperidine rings is 1. The lowest BCUT2D eigenvalue weighted by Crippen LogP contribution is -2.53. The largest absolute Gasteiger partial charge is 0.477 e. The summed E-state index contributed by atoms with van der Waals surface area (Å²) >= 11 is 1.62. The Hall–Kier alpha value is -3.13. The van der Waals surface area contributed by atoms with Crippen molar-refractivity contribution >= 4 is 39.1 Å². The first-order chi connectivity index (χ1) is 16.5. The summed E-state index contributed by atoms with van der Waals surface area (Å²) in [5.41, 5.74) is 1.80. The normalized spacial score (nSPS) is 18.8. The van der Waals surface area contributed by atoms with Gasteiger partial charge in [0.2, 0.25) is 5.91 Å². The van der Waals surface area contributed by atoms with Gasteiger partial charge in [-0.25, -0.2) is 4.98 Å². The minimum absolute atomic E-state index is 0.0165. The minimum Gasteiger partial charge on any atom is -0.477 e. The Kier molecular flexibility index (Phi) is 6.41. The number of nitrogens with zero attached hydrogens (tertiary/aromatic N) is 4. The van der Waals surface area contributed by atoms with Crippen molar-refractivity contribution in [2.24, 2.45) is 0 Å². The lowest BCUT2D eigenvalue weighted by Gasteiger charge is -2.38. The Balaban J connectivity index is 1.32. The molecule has 2 aromatic carbocycles. The molecule has 2 aliphatic rings. The number of para-hydroxylation sites is 3. The van der Waals surface area contributed by atoms with Crippen molar-refractivity contribution < 1.29 is 14.3 Å². The zero-order valence-corrected chi connectivity index (χ0v) is 20.5. The van der Waals surface area contributed by atoms with E-state index in [9.17, 15) is 9.59 Å². The fourth-order valence-corrected chi connectivity index (χ4v) is 5.69. The molecule has 2 atom stereocenters. The van der Waals surface area contributed by atoms with Crippen LogP contribution in [0.25, 0.3) is 10.2 Å². The van der Waals surface area contributed by atoms with E-state index in [1.165, 1.54) is 0 Å². The summed E-state index contributed by atoms with van der Waals surface area (Å²) in [6.45, 7) is 4.10. The van der Waals surface area contributed by atoms with Gasteiger partial charge in [0.1, 0.15) is 10.8 Å². The van der Waals surface area contributed by atoms with E-state index in [4.69, 9.17) is 9.72 Å². The molecule has 8 heteroatoms. The monoisotopic (exact) mass is 478 g/mol. The summed E-state index contributed by atoms with van der Waals surface area (Å²) in [7, 11) is 1.82. The highest BCUT2D eigenvalue weighted by molar-refractivity contribution is 7.18. The molecule has 3 heterocycles. The molecule has 178 valence electrons. The number of hydrogen-bond donors (Lipinski definition) is 0. The van der Waals surface area contributed by atoms with E-state index >= 15 is 0 Å². The quantitative estimate of drug-likeness (QED) is 0.553. The lowest BCUT2D eigenvalue weighted by atomic mass is 10.1. The zero-order chi connectivity index (χ0) is 23.7. The molecule has 2 amide bonds. The number of likely N-dealkylation sites (N-methyl/N-ethyl adjacent to an activating group) is 1. The third-order valence-corrected chi connectivity index (χ3v) is 7.98. The van der Waals surface area contributed by atoms with Gasteiger partial charge in [-0.05, 0) is 50.5 Å². The van der Waals surface area contributed by atoms with E-state index in [-0.39, 0.29) is 24.4 Å². The van der Waals surface area contributed by atoms with E-state index < -0.39 is 6.10 Å². The predicted molar refractivity (Wildman–Crippen MR) is 134 cm³/mol. The Morgan fingerprint density at radius 3 is 2.65 bits per heavy atom. The van der Waals surface area contributed by atoms with Crippen LogP contribution in [0.15, 0.2) is 48.5 Å². The number of hydrogen-bond acceptors (Lipinski definition) is 6. The molecule has 5 rings (SSSR count). The maximum absolute atomic E-state index is 13.4. The number of ether oxygens (including phenoxy) is 1. The number of amides is 2. The third-order valence-electron chi connectivity index (χ3n) is 6.77. The smallest absolute Gasteiger partial charge is 0.265 e. The number of likely N-dealkylation sites (tertiary alicyclic amines) is 1. The van der Waals surface area contributed by atoms with Gasteiger partial charge in [0.15, 0.2) is 6.10 Å². The number of aromatic nitrogens is 1. The number of carbonyl (C=O) groups is 2. The molecule has 0 radical (unpaired) electrons. The second-order valence-corrected chi connectivity index (χ2v) is 10.1. The second kappa shape index (κ2) is 9.62. The molecular weight excluding hydrogens is 448 g/mol. The highest BCUT2D eigenvalue weighted by atomic mass is 32.1. The van der Waals surface area contributed by atoms with Crippen LogP contribution in [0.2, 0.25) is 0 Å². The molecule has 0 unspecified atom stereocenters. The van der Waals surface area contributed by atoms with Gasteiger partial charge in [-0.15, -0.1) is 11.3 Å². The fraction of sp³-hybridized carbons (Fsp3) is 0.423. The van der Waals surface area contributed by atoms with E-state index in [1.807, 2.05) is 66.2 Å². The molecule has 0 N–H and O–H groups in total. The van der Waals surface area contributed by atoms with Gasteiger partial charge in [-0.3, -0.25) is 9.59 Å². The summed E-state index contributed by atoms with van der Waals surface area (Å²) in [5, 5.41) is 0.914. The first-order valence-electron chi connectivity index (χ1n) is 11.9. The molecule has 0 bridgehead atoms. The summed E-state index contributed by atoms with van der Waals surface area (Å²) in [6, 6.07) is 15.5. The van der Waals surface area contributed by atoms with E-state index in [1.54, 1.807) is 16.2 Å². The fourth-order valence-electron chi connectivity index (χ4n) is 4.63.